The fourth-order valence-electron chi connectivity index (χ4n) is 6.56. The number of epoxide rings is 3. The molecule has 51 heavy (non-hydrogen) atoms. The van der Waals surface area contributed by atoms with Gasteiger partial charge in [0.2, 0.25) is 0 Å². The highest BCUT2D eigenvalue weighted by Gasteiger charge is 2.25. The van der Waals surface area contributed by atoms with Gasteiger partial charge >= 0.3 is 0 Å². The quantitative estimate of drug-likeness (QED) is 0.0811. The van der Waals surface area contributed by atoms with Gasteiger partial charge in [-0.1, -0.05) is 58.2 Å². The Morgan fingerprint density at radius 3 is 0.980 bits per heavy atom. The van der Waals surface area contributed by atoms with Gasteiger partial charge in [0.1, 0.15) is 55.4 Å². The van der Waals surface area contributed by atoms with Gasteiger partial charge in [-0.2, -0.15) is 0 Å². The minimum Gasteiger partial charge on any atom is -0.491 e. The van der Waals surface area contributed by atoms with Crippen molar-refractivity contribution in [1.82, 2.24) is 0 Å². The number of hydrogen-bond acceptors (Lipinski definition) is 6. The van der Waals surface area contributed by atoms with E-state index >= 15 is 0 Å². The molecule has 3 fully saturated rings. The fourth-order valence-corrected chi connectivity index (χ4v) is 6.56. The molecule has 6 heteroatoms. The summed E-state index contributed by atoms with van der Waals surface area (Å²) >= 11 is 0. The molecule has 0 aliphatic carbocycles. The molecule has 0 N–H and O–H groups in total. The minimum absolute atomic E-state index is 0.227. The normalized spacial score (nSPS) is 18.8. The molecular weight excluding hydrogens is 636 g/mol. The second-order valence-corrected chi connectivity index (χ2v) is 14.4. The maximum absolute atomic E-state index is 6.26. The first-order chi connectivity index (χ1) is 25.1. The zero-order valence-corrected chi connectivity index (χ0v) is 30.7. The summed E-state index contributed by atoms with van der Waals surface area (Å²) in [5.41, 5.74) is 11.0. The van der Waals surface area contributed by atoms with Gasteiger partial charge < -0.3 is 28.4 Å². The van der Waals surface area contributed by atoms with Crippen LogP contribution in [0.1, 0.15) is 76.0 Å². The molecule has 4 aromatic carbocycles. The Kier molecular flexibility index (Phi) is 11.9. The van der Waals surface area contributed by atoms with Crippen molar-refractivity contribution in [2.24, 2.45) is 0 Å². The highest BCUT2D eigenvalue weighted by atomic mass is 16.6. The van der Waals surface area contributed by atoms with Gasteiger partial charge in [-0.05, 0) is 143 Å². The molecule has 270 valence electrons. The van der Waals surface area contributed by atoms with Gasteiger partial charge in [-0.25, -0.2) is 0 Å². The number of aryl methyl sites for hydroxylation is 3. The molecular formula is C45H54O6. The first kappa shape index (κ1) is 35.6. The van der Waals surface area contributed by atoms with Gasteiger partial charge in [0, 0.05) is 0 Å². The Morgan fingerprint density at radius 2 is 0.725 bits per heavy atom. The van der Waals surface area contributed by atoms with E-state index in [1.807, 2.05) is 0 Å². The molecule has 0 aromatic heterocycles. The third-order valence-electron chi connectivity index (χ3n) is 9.99. The molecule has 3 heterocycles. The Morgan fingerprint density at radius 1 is 0.431 bits per heavy atom. The van der Waals surface area contributed by atoms with E-state index in [-0.39, 0.29) is 18.3 Å². The van der Waals surface area contributed by atoms with E-state index in [1.54, 1.807) is 0 Å². The van der Waals surface area contributed by atoms with Crippen LogP contribution in [0.25, 0.3) is 33.4 Å². The summed E-state index contributed by atoms with van der Waals surface area (Å²) in [6.45, 7) is 10.9. The molecule has 4 aromatic rings. The zero-order chi connectivity index (χ0) is 35.0. The lowest BCUT2D eigenvalue weighted by Crippen LogP contribution is -2.06. The summed E-state index contributed by atoms with van der Waals surface area (Å²) in [6, 6.07) is 27.2. The zero-order valence-electron chi connectivity index (χ0n) is 30.7. The predicted molar refractivity (Wildman–Crippen MR) is 204 cm³/mol. The lowest BCUT2D eigenvalue weighted by atomic mass is 9.90. The lowest BCUT2D eigenvalue weighted by Gasteiger charge is -2.17. The van der Waals surface area contributed by atoms with Crippen LogP contribution in [-0.4, -0.2) is 58.0 Å². The van der Waals surface area contributed by atoms with Gasteiger partial charge in [0.05, 0.1) is 19.8 Å². The molecule has 0 spiro atoms. The van der Waals surface area contributed by atoms with Crippen molar-refractivity contribution in [1.29, 1.82) is 0 Å². The summed E-state index contributed by atoms with van der Waals surface area (Å²) in [5, 5.41) is 0. The fraction of sp³-hybridized carbons (Fsp3) is 0.467. The van der Waals surface area contributed by atoms with E-state index in [4.69, 9.17) is 28.4 Å². The molecule has 6 nitrogen and oxygen atoms in total. The van der Waals surface area contributed by atoms with Crippen molar-refractivity contribution in [3.8, 4) is 50.6 Å². The second kappa shape index (κ2) is 17.1. The number of unbranched alkanes of at least 4 members (excludes halogenated alkanes) is 3. The Bertz CT molecular complexity index is 1540. The highest BCUT2D eigenvalue weighted by Crippen LogP contribution is 2.38. The van der Waals surface area contributed by atoms with E-state index < -0.39 is 0 Å². The lowest BCUT2D eigenvalue weighted by molar-refractivity contribution is 0.261. The molecule has 3 aliphatic heterocycles. The van der Waals surface area contributed by atoms with Gasteiger partial charge in [-0.15, -0.1) is 0 Å². The topological polar surface area (TPSA) is 65.3 Å². The monoisotopic (exact) mass is 690 g/mol. The second-order valence-electron chi connectivity index (χ2n) is 14.4. The van der Waals surface area contributed by atoms with Crippen molar-refractivity contribution >= 4 is 0 Å². The number of rotatable bonds is 21. The molecule has 0 radical (unpaired) electrons. The van der Waals surface area contributed by atoms with Crippen LogP contribution in [0.4, 0.5) is 0 Å². The molecule has 0 saturated carbocycles. The van der Waals surface area contributed by atoms with Crippen molar-refractivity contribution < 1.29 is 28.4 Å². The van der Waals surface area contributed by atoms with Gasteiger partial charge in [-0.3, -0.25) is 0 Å². The molecule has 3 atom stereocenters. The van der Waals surface area contributed by atoms with E-state index in [0.29, 0.717) is 19.8 Å². The Labute approximate surface area is 304 Å². The average molecular weight is 691 g/mol. The van der Waals surface area contributed by atoms with Crippen LogP contribution in [-0.2, 0) is 33.5 Å². The average Bonchev–Trinajstić information content (AvgIpc) is 4.01. The first-order valence-electron chi connectivity index (χ1n) is 19.4. The van der Waals surface area contributed by atoms with Crippen LogP contribution in [0.15, 0.2) is 72.8 Å². The molecule has 3 aliphatic rings. The largest absolute Gasteiger partial charge is 0.491 e. The van der Waals surface area contributed by atoms with Crippen molar-refractivity contribution in [3.63, 3.8) is 0 Å². The summed E-state index contributed by atoms with van der Waals surface area (Å²) in [7, 11) is 0. The number of hydrogen-bond donors (Lipinski definition) is 0. The molecule has 7 rings (SSSR count). The van der Waals surface area contributed by atoms with Crippen LogP contribution in [0.2, 0.25) is 0 Å². The molecule has 0 amide bonds. The number of benzene rings is 4. The van der Waals surface area contributed by atoms with E-state index in [9.17, 15) is 0 Å². The molecule has 3 unspecified atom stereocenters. The SMILES string of the molecule is CCCCc1cc(-c2cc(-c3ccc(OCC4CO4)c(CCCC)c3)cc(-c3ccc(OCC4CO4)c(CCCC)c3)c2)ccc1OCC1CO1. The highest BCUT2D eigenvalue weighted by molar-refractivity contribution is 5.82. The third kappa shape index (κ3) is 9.94. The van der Waals surface area contributed by atoms with E-state index in [2.05, 4.69) is 93.6 Å². The van der Waals surface area contributed by atoms with Crippen molar-refractivity contribution in [3.05, 3.63) is 89.5 Å². The standard InChI is InChI=1S/C45H54O6/c1-4-7-10-34-19-31(13-16-43(34)49-28-40-25-46-40)37-22-38(32-14-17-44(50-29-41-26-47-41)35(20-32)11-8-5-2)24-39(23-37)33-15-18-45(51-30-42-27-48-42)36(21-33)12-9-6-3/h13-24,40-42H,4-12,25-30H2,1-3H3. The maximum Gasteiger partial charge on any atom is 0.122 e. The third-order valence-corrected chi connectivity index (χ3v) is 9.99. The van der Waals surface area contributed by atoms with Gasteiger partial charge in [0.15, 0.2) is 0 Å². The smallest absolute Gasteiger partial charge is 0.122 e. The minimum atomic E-state index is 0.227. The van der Waals surface area contributed by atoms with E-state index in [1.165, 1.54) is 50.1 Å². The molecule has 3 saturated heterocycles. The summed E-state index contributed by atoms with van der Waals surface area (Å²) in [6.07, 6.45) is 10.4. The Hall–Kier alpha value is -3.84. The van der Waals surface area contributed by atoms with Gasteiger partial charge in [0.25, 0.3) is 0 Å². The van der Waals surface area contributed by atoms with E-state index in [0.717, 1.165) is 94.9 Å². The summed E-state index contributed by atoms with van der Waals surface area (Å²) < 4.78 is 35.1. The molecule has 0 bridgehead atoms. The van der Waals surface area contributed by atoms with Crippen LogP contribution in [0.5, 0.6) is 17.2 Å². The first-order valence-corrected chi connectivity index (χ1v) is 19.4. The summed E-state index contributed by atoms with van der Waals surface area (Å²) in [4.78, 5) is 0. The van der Waals surface area contributed by atoms with Crippen LogP contribution >= 0.6 is 0 Å². The summed E-state index contributed by atoms with van der Waals surface area (Å²) in [5.74, 6) is 2.92. The number of ether oxygens (including phenoxy) is 6. The van der Waals surface area contributed by atoms with Crippen molar-refractivity contribution in [2.45, 2.75) is 96.9 Å². The van der Waals surface area contributed by atoms with Crippen molar-refractivity contribution in [2.75, 3.05) is 39.6 Å². The maximum atomic E-state index is 6.26. The van der Waals surface area contributed by atoms with Crippen LogP contribution < -0.4 is 14.2 Å². The predicted octanol–water partition coefficient (Wildman–Crippen LogP) is 10.0. The van der Waals surface area contributed by atoms with Crippen LogP contribution in [0.3, 0.4) is 0 Å². The van der Waals surface area contributed by atoms with Crippen LogP contribution in [0, 0.1) is 0 Å². The Balaban J connectivity index is 1.28.